The van der Waals surface area contributed by atoms with E-state index < -0.39 is 0 Å². The predicted molar refractivity (Wildman–Crippen MR) is 51.6 cm³/mol. The number of carbonyl (C=O) groups excluding carboxylic acids is 1. The Bertz CT molecular complexity index is 211. The second kappa shape index (κ2) is 4.90. The maximum Gasteiger partial charge on any atom is 0.410 e. The zero-order chi connectivity index (χ0) is 9.68. The predicted octanol–water partition coefficient (Wildman–Crippen LogP) is 2.19. The van der Waals surface area contributed by atoms with Gasteiger partial charge in [0.1, 0.15) is 0 Å². The third-order valence-electron chi connectivity index (χ3n) is 2.12. The molecule has 0 aliphatic carbocycles. The van der Waals surface area contributed by atoms with Crippen LogP contribution < -0.4 is 0 Å². The molecule has 0 fully saturated rings. The Morgan fingerprint density at radius 1 is 1.69 bits per heavy atom. The van der Waals surface area contributed by atoms with Gasteiger partial charge < -0.3 is 9.64 Å². The summed E-state index contributed by atoms with van der Waals surface area (Å²) in [6.45, 7) is 6.11. The van der Waals surface area contributed by atoms with Crippen molar-refractivity contribution in [1.29, 1.82) is 0 Å². The fourth-order valence-electron chi connectivity index (χ4n) is 1.22. The first-order chi connectivity index (χ1) is 6.24. The smallest absolute Gasteiger partial charge is 0.410 e. The summed E-state index contributed by atoms with van der Waals surface area (Å²) in [5, 5.41) is 0. The Balaban J connectivity index is 2.32. The first-order valence-corrected chi connectivity index (χ1v) is 4.81. The van der Waals surface area contributed by atoms with Gasteiger partial charge in [0.15, 0.2) is 0 Å². The third kappa shape index (κ3) is 3.09. The molecular formula is C10H17NO2. The van der Waals surface area contributed by atoms with Crippen molar-refractivity contribution in [3.8, 4) is 0 Å². The zero-order valence-electron chi connectivity index (χ0n) is 8.38. The van der Waals surface area contributed by atoms with Crippen molar-refractivity contribution in [2.75, 3.05) is 19.7 Å². The molecule has 1 aliphatic rings. The van der Waals surface area contributed by atoms with Gasteiger partial charge in [-0.25, -0.2) is 4.79 Å². The number of ether oxygens (including phenoxy) is 1. The van der Waals surface area contributed by atoms with E-state index in [1.165, 1.54) is 5.57 Å². The van der Waals surface area contributed by atoms with Crippen LogP contribution in [0.1, 0.15) is 26.7 Å². The summed E-state index contributed by atoms with van der Waals surface area (Å²) in [5.41, 5.74) is 1.36. The molecule has 0 aromatic carbocycles. The van der Waals surface area contributed by atoms with Crippen LogP contribution in [0.5, 0.6) is 0 Å². The van der Waals surface area contributed by atoms with Crippen LogP contribution in [-0.2, 0) is 4.74 Å². The van der Waals surface area contributed by atoms with Gasteiger partial charge in [-0.05, 0) is 19.8 Å². The van der Waals surface area contributed by atoms with E-state index in [4.69, 9.17) is 4.74 Å². The Labute approximate surface area is 79.4 Å². The molecule has 74 valence electrons. The number of nitrogens with zero attached hydrogens (tertiary/aromatic N) is 1. The molecule has 1 amide bonds. The van der Waals surface area contributed by atoms with Crippen LogP contribution in [0.2, 0.25) is 0 Å². The molecular weight excluding hydrogens is 166 g/mol. The highest BCUT2D eigenvalue weighted by Crippen LogP contribution is 2.10. The van der Waals surface area contributed by atoms with E-state index in [1.807, 2.05) is 6.92 Å². The highest BCUT2D eigenvalue weighted by atomic mass is 16.6. The van der Waals surface area contributed by atoms with E-state index in [0.717, 1.165) is 19.4 Å². The van der Waals surface area contributed by atoms with Crippen molar-refractivity contribution >= 4 is 6.09 Å². The Morgan fingerprint density at radius 2 is 2.46 bits per heavy atom. The topological polar surface area (TPSA) is 29.5 Å². The summed E-state index contributed by atoms with van der Waals surface area (Å²) in [5.74, 6) is 0. The van der Waals surface area contributed by atoms with Crippen molar-refractivity contribution < 1.29 is 9.53 Å². The van der Waals surface area contributed by atoms with E-state index in [0.29, 0.717) is 13.2 Å². The van der Waals surface area contributed by atoms with Gasteiger partial charge in [0.05, 0.1) is 6.61 Å². The molecule has 0 bridgehead atoms. The van der Waals surface area contributed by atoms with E-state index in [9.17, 15) is 4.79 Å². The van der Waals surface area contributed by atoms with Crippen LogP contribution in [0.3, 0.4) is 0 Å². The molecule has 1 rings (SSSR count). The van der Waals surface area contributed by atoms with Crippen molar-refractivity contribution in [2.24, 2.45) is 0 Å². The molecule has 3 heteroatoms. The minimum atomic E-state index is -0.175. The van der Waals surface area contributed by atoms with E-state index in [-0.39, 0.29) is 6.09 Å². The molecule has 1 aliphatic heterocycles. The summed E-state index contributed by atoms with van der Waals surface area (Å²) >= 11 is 0. The molecule has 0 radical (unpaired) electrons. The Hall–Kier alpha value is -0.990. The van der Waals surface area contributed by atoms with Gasteiger partial charge in [0, 0.05) is 13.1 Å². The number of carbonyl (C=O) groups is 1. The molecule has 0 aromatic rings. The summed E-state index contributed by atoms with van der Waals surface area (Å²) in [6.07, 6.45) is 3.76. The van der Waals surface area contributed by atoms with Crippen molar-refractivity contribution in [1.82, 2.24) is 4.90 Å². The van der Waals surface area contributed by atoms with Crippen LogP contribution in [0, 0.1) is 0 Å². The molecule has 1 heterocycles. The quantitative estimate of drug-likeness (QED) is 0.614. The normalized spacial score (nSPS) is 16.8. The number of rotatable bonds is 2. The standard InChI is InChI=1S/C10H17NO2/c1-3-8-13-10(12)11-6-4-9(2)5-7-11/h4H,3,5-8H2,1-2H3. The van der Waals surface area contributed by atoms with Crippen LogP contribution in [0.15, 0.2) is 11.6 Å². The van der Waals surface area contributed by atoms with Gasteiger partial charge in [0.25, 0.3) is 0 Å². The molecule has 3 nitrogen and oxygen atoms in total. The van der Waals surface area contributed by atoms with Crippen molar-refractivity contribution in [3.05, 3.63) is 11.6 Å². The largest absolute Gasteiger partial charge is 0.449 e. The van der Waals surface area contributed by atoms with Crippen molar-refractivity contribution in [2.45, 2.75) is 26.7 Å². The molecule has 0 aromatic heterocycles. The van der Waals surface area contributed by atoms with Gasteiger partial charge in [-0.15, -0.1) is 0 Å². The maximum absolute atomic E-state index is 11.3. The maximum atomic E-state index is 11.3. The molecule has 0 N–H and O–H groups in total. The first-order valence-electron chi connectivity index (χ1n) is 4.81. The van der Waals surface area contributed by atoms with Gasteiger partial charge in [-0.3, -0.25) is 0 Å². The lowest BCUT2D eigenvalue weighted by atomic mass is 10.1. The van der Waals surface area contributed by atoms with Crippen LogP contribution in [0.25, 0.3) is 0 Å². The minimum absolute atomic E-state index is 0.175. The average Bonchev–Trinajstić information content (AvgIpc) is 2.15. The molecule has 0 atom stereocenters. The van der Waals surface area contributed by atoms with Crippen LogP contribution in [0.4, 0.5) is 4.79 Å². The van der Waals surface area contributed by atoms with E-state index in [2.05, 4.69) is 13.0 Å². The monoisotopic (exact) mass is 183 g/mol. The first kappa shape index (κ1) is 10.1. The van der Waals surface area contributed by atoms with Gasteiger partial charge in [-0.2, -0.15) is 0 Å². The molecule has 0 saturated carbocycles. The number of hydrogen-bond donors (Lipinski definition) is 0. The fraction of sp³-hybridized carbons (Fsp3) is 0.700. The second-order valence-electron chi connectivity index (χ2n) is 3.36. The molecule has 0 spiro atoms. The molecule has 13 heavy (non-hydrogen) atoms. The minimum Gasteiger partial charge on any atom is -0.449 e. The van der Waals surface area contributed by atoms with E-state index in [1.54, 1.807) is 4.90 Å². The van der Waals surface area contributed by atoms with Crippen LogP contribution >= 0.6 is 0 Å². The highest BCUT2D eigenvalue weighted by molar-refractivity contribution is 5.68. The van der Waals surface area contributed by atoms with Gasteiger partial charge >= 0.3 is 6.09 Å². The summed E-state index contributed by atoms with van der Waals surface area (Å²) in [6, 6.07) is 0. The average molecular weight is 183 g/mol. The van der Waals surface area contributed by atoms with Gasteiger partial charge in [-0.1, -0.05) is 18.6 Å². The lowest BCUT2D eigenvalue weighted by molar-refractivity contribution is 0.105. The number of hydrogen-bond acceptors (Lipinski definition) is 2. The molecule has 0 saturated heterocycles. The van der Waals surface area contributed by atoms with Crippen LogP contribution in [-0.4, -0.2) is 30.7 Å². The van der Waals surface area contributed by atoms with Crippen molar-refractivity contribution in [3.63, 3.8) is 0 Å². The zero-order valence-corrected chi connectivity index (χ0v) is 8.38. The second-order valence-corrected chi connectivity index (χ2v) is 3.36. The fourth-order valence-corrected chi connectivity index (χ4v) is 1.22. The summed E-state index contributed by atoms with van der Waals surface area (Å²) < 4.78 is 5.02. The number of amides is 1. The Morgan fingerprint density at radius 3 is 3.00 bits per heavy atom. The molecule has 0 unspecified atom stereocenters. The highest BCUT2D eigenvalue weighted by Gasteiger charge is 2.16. The third-order valence-corrected chi connectivity index (χ3v) is 2.12. The lowest BCUT2D eigenvalue weighted by Gasteiger charge is -2.24. The van der Waals surface area contributed by atoms with Gasteiger partial charge in [0.2, 0.25) is 0 Å². The summed E-state index contributed by atoms with van der Waals surface area (Å²) in [4.78, 5) is 13.1. The van der Waals surface area contributed by atoms with E-state index >= 15 is 0 Å². The Kier molecular flexibility index (Phi) is 3.80. The lowest BCUT2D eigenvalue weighted by Crippen LogP contribution is -2.35. The summed E-state index contributed by atoms with van der Waals surface area (Å²) in [7, 11) is 0. The SMILES string of the molecule is CCCOC(=O)N1CC=C(C)CC1.